The normalized spacial score (nSPS) is 11.3. The summed E-state index contributed by atoms with van der Waals surface area (Å²) in [5, 5.41) is 3.50. The number of hydrogen-bond acceptors (Lipinski definition) is 4. The van der Waals surface area contributed by atoms with Crippen LogP contribution >= 0.6 is 11.3 Å². The summed E-state index contributed by atoms with van der Waals surface area (Å²) in [7, 11) is 0. The number of thiophene rings is 1. The number of carbonyl (C=O) groups is 1. The van der Waals surface area contributed by atoms with Crippen molar-refractivity contribution in [1.29, 1.82) is 0 Å². The van der Waals surface area contributed by atoms with E-state index in [1.807, 2.05) is 6.92 Å². The fourth-order valence-corrected chi connectivity index (χ4v) is 3.50. The van der Waals surface area contributed by atoms with Crippen molar-refractivity contribution in [2.45, 2.75) is 53.5 Å². The third-order valence-electron chi connectivity index (χ3n) is 3.80. The highest BCUT2D eigenvalue weighted by atomic mass is 32.1. The molecule has 0 bridgehead atoms. The minimum absolute atomic E-state index is 0.0391. The van der Waals surface area contributed by atoms with Gasteiger partial charge in [0.05, 0.1) is 16.6 Å². The van der Waals surface area contributed by atoms with Crippen molar-refractivity contribution in [2.24, 2.45) is 5.92 Å². The molecule has 0 aromatic carbocycles. The molecule has 23 heavy (non-hydrogen) atoms. The zero-order valence-electron chi connectivity index (χ0n) is 14.3. The van der Waals surface area contributed by atoms with Crippen LogP contribution in [-0.4, -0.2) is 22.0 Å². The lowest BCUT2D eigenvalue weighted by Gasteiger charge is -2.06. The van der Waals surface area contributed by atoms with Crippen LogP contribution in [0.1, 0.15) is 55.3 Å². The van der Waals surface area contributed by atoms with E-state index < -0.39 is 0 Å². The highest BCUT2D eigenvalue weighted by Gasteiger charge is 2.19. The van der Waals surface area contributed by atoms with Crippen molar-refractivity contribution < 1.29 is 4.79 Å². The largest absolute Gasteiger partial charge is 0.351 e. The number of hydrogen-bond donors (Lipinski definition) is 1. The number of aryl methyl sites for hydroxylation is 2. The van der Waals surface area contributed by atoms with Gasteiger partial charge in [-0.25, -0.2) is 4.98 Å². The molecule has 0 aliphatic carbocycles. The first-order valence-corrected chi connectivity index (χ1v) is 9.04. The number of amides is 1. The minimum Gasteiger partial charge on any atom is -0.351 e. The summed E-state index contributed by atoms with van der Waals surface area (Å²) in [6, 6.07) is 0. The fraction of sp³-hybridized carbons (Fsp3) is 0.588. The quantitative estimate of drug-likeness (QED) is 0.789. The third-order valence-corrected chi connectivity index (χ3v) is 5.00. The van der Waals surface area contributed by atoms with Gasteiger partial charge in [0.15, 0.2) is 0 Å². The fourth-order valence-electron chi connectivity index (χ4n) is 2.44. The summed E-state index contributed by atoms with van der Waals surface area (Å²) < 4.78 is 1.66. The number of aromatic nitrogens is 2. The Morgan fingerprint density at radius 3 is 2.78 bits per heavy atom. The van der Waals surface area contributed by atoms with E-state index >= 15 is 0 Å². The van der Waals surface area contributed by atoms with Gasteiger partial charge in [-0.1, -0.05) is 33.6 Å². The van der Waals surface area contributed by atoms with Crippen molar-refractivity contribution in [3.8, 4) is 0 Å². The summed E-state index contributed by atoms with van der Waals surface area (Å²) in [6.45, 7) is 9.38. The predicted octanol–water partition coefficient (Wildman–Crippen LogP) is 3.34. The lowest BCUT2D eigenvalue weighted by atomic mass is 10.2. The van der Waals surface area contributed by atoms with Crippen molar-refractivity contribution in [3.63, 3.8) is 0 Å². The number of unbranched alkanes of at least 4 members (excludes halogenated alkanes) is 2. The molecule has 1 amide bonds. The molecule has 2 rings (SSSR count). The van der Waals surface area contributed by atoms with Gasteiger partial charge in [-0.15, -0.1) is 11.3 Å². The monoisotopic (exact) mass is 335 g/mol. The molecular weight excluding hydrogens is 310 g/mol. The van der Waals surface area contributed by atoms with E-state index in [2.05, 4.69) is 31.1 Å². The topological polar surface area (TPSA) is 64.0 Å². The van der Waals surface area contributed by atoms with Crippen molar-refractivity contribution in [1.82, 2.24) is 14.9 Å². The zero-order valence-corrected chi connectivity index (χ0v) is 15.1. The van der Waals surface area contributed by atoms with Crippen LogP contribution in [0.25, 0.3) is 10.2 Å². The molecule has 5 nitrogen and oxygen atoms in total. The number of nitrogens with zero attached hydrogens (tertiary/aromatic N) is 2. The molecule has 2 aromatic heterocycles. The van der Waals surface area contributed by atoms with Gasteiger partial charge in [0, 0.05) is 13.1 Å². The van der Waals surface area contributed by atoms with Gasteiger partial charge in [-0.3, -0.25) is 14.2 Å². The first-order valence-electron chi connectivity index (χ1n) is 8.22. The van der Waals surface area contributed by atoms with Gasteiger partial charge >= 0.3 is 0 Å². The Hall–Kier alpha value is -1.69. The third kappa shape index (κ3) is 3.99. The van der Waals surface area contributed by atoms with Crippen molar-refractivity contribution in [2.75, 3.05) is 6.54 Å². The van der Waals surface area contributed by atoms with Crippen LogP contribution < -0.4 is 10.9 Å². The van der Waals surface area contributed by atoms with E-state index in [4.69, 9.17) is 0 Å². The van der Waals surface area contributed by atoms with Gasteiger partial charge in [0.25, 0.3) is 11.5 Å². The highest BCUT2D eigenvalue weighted by Crippen LogP contribution is 2.26. The maximum Gasteiger partial charge on any atom is 0.262 e. The minimum atomic E-state index is -0.115. The van der Waals surface area contributed by atoms with Crippen LogP contribution in [0.15, 0.2) is 11.1 Å². The summed E-state index contributed by atoms with van der Waals surface area (Å²) >= 11 is 1.30. The molecule has 0 saturated carbocycles. The molecule has 2 aromatic rings. The van der Waals surface area contributed by atoms with Gasteiger partial charge < -0.3 is 5.32 Å². The smallest absolute Gasteiger partial charge is 0.262 e. The van der Waals surface area contributed by atoms with E-state index in [-0.39, 0.29) is 11.5 Å². The highest BCUT2D eigenvalue weighted by molar-refractivity contribution is 7.20. The molecule has 0 unspecified atom stereocenters. The van der Waals surface area contributed by atoms with Crippen LogP contribution in [0.5, 0.6) is 0 Å². The van der Waals surface area contributed by atoms with Crippen LogP contribution in [0.2, 0.25) is 0 Å². The van der Waals surface area contributed by atoms with Crippen molar-refractivity contribution in [3.05, 3.63) is 27.1 Å². The Kier molecular flexibility index (Phi) is 5.93. The van der Waals surface area contributed by atoms with Crippen LogP contribution in [-0.2, 0) is 6.54 Å². The first kappa shape index (κ1) is 17.7. The molecular formula is C17H25N3O2S. The number of carbonyl (C=O) groups excluding carboxylic acids is 1. The molecule has 2 heterocycles. The molecule has 0 saturated heterocycles. The number of rotatable bonds is 7. The van der Waals surface area contributed by atoms with E-state index in [1.54, 1.807) is 10.9 Å². The molecule has 0 fully saturated rings. The molecule has 1 N–H and O–H groups in total. The maximum absolute atomic E-state index is 12.6. The molecule has 0 aliphatic heterocycles. The van der Waals surface area contributed by atoms with E-state index in [0.29, 0.717) is 34.1 Å². The van der Waals surface area contributed by atoms with Gasteiger partial charge in [-0.2, -0.15) is 0 Å². The molecule has 0 radical (unpaired) electrons. The SMILES string of the molecule is CCCCCn1cnc2sc(C(=O)NCC(C)C)c(C)c2c1=O. The van der Waals surface area contributed by atoms with E-state index in [1.165, 1.54) is 11.3 Å². The first-order chi connectivity index (χ1) is 11.0. The Morgan fingerprint density at radius 1 is 1.39 bits per heavy atom. The van der Waals surface area contributed by atoms with E-state index in [0.717, 1.165) is 24.8 Å². The standard InChI is InChI=1S/C17H25N3O2S/c1-5-6-7-8-20-10-19-16-13(17(20)22)12(4)14(23-16)15(21)18-9-11(2)3/h10-11H,5-9H2,1-4H3,(H,18,21). The van der Waals surface area contributed by atoms with Gasteiger partial charge in [-0.05, 0) is 24.8 Å². The summed E-state index contributed by atoms with van der Waals surface area (Å²) in [5.41, 5.74) is 0.705. The summed E-state index contributed by atoms with van der Waals surface area (Å²) in [6.07, 6.45) is 4.78. The Bertz CT molecular complexity index is 746. The second-order valence-electron chi connectivity index (χ2n) is 6.29. The zero-order chi connectivity index (χ0) is 17.0. The number of nitrogens with one attached hydrogen (secondary N) is 1. The second kappa shape index (κ2) is 7.73. The van der Waals surface area contributed by atoms with E-state index in [9.17, 15) is 9.59 Å². The number of fused-ring (bicyclic) bond motifs is 1. The van der Waals surface area contributed by atoms with Crippen LogP contribution in [0, 0.1) is 12.8 Å². The van der Waals surface area contributed by atoms with Gasteiger partial charge in [0.1, 0.15) is 4.83 Å². The van der Waals surface area contributed by atoms with Crippen LogP contribution in [0.3, 0.4) is 0 Å². The predicted molar refractivity (Wildman–Crippen MR) is 95.3 cm³/mol. The lowest BCUT2D eigenvalue weighted by Crippen LogP contribution is -2.27. The molecule has 126 valence electrons. The summed E-state index contributed by atoms with van der Waals surface area (Å²) in [4.78, 5) is 30.6. The molecule has 0 spiro atoms. The lowest BCUT2D eigenvalue weighted by molar-refractivity contribution is 0.0952. The van der Waals surface area contributed by atoms with Crippen molar-refractivity contribution >= 4 is 27.5 Å². The summed E-state index contributed by atoms with van der Waals surface area (Å²) in [5.74, 6) is 0.277. The Balaban J connectivity index is 2.33. The Morgan fingerprint density at radius 2 is 2.13 bits per heavy atom. The Labute approximate surface area is 140 Å². The maximum atomic E-state index is 12.6. The molecule has 0 aliphatic rings. The second-order valence-corrected chi connectivity index (χ2v) is 7.29. The average Bonchev–Trinajstić information content (AvgIpc) is 2.85. The van der Waals surface area contributed by atoms with Gasteiger partial charge in [0.2, 0.25) is 0 Å². The average molecular weight is 335 g/mol. The van der Waals surface area contributed by atoms with Crippen LogP contribution in [0.4, 0.5) is 0 Å². The molecule has 0 atom stereocenters. The molecule has 6 heteroatoms.